The summed E-state index contributed by atoms with van der Waals surface area (Å²) in [4.78, 5) is 23.2. The molecule has 0 fully saturated rings. The van der Waals surface area contributed by atoms with Crippen molar-refractivity contribution in [3.63, 3.8) is 0 Å². The van der Waals surface area contributed by atoms with Crippen molar-refractivity contribution in [2.45, 2.75) is 12.8 Å². The molecule has 0 aliphatic carbocycles. The number of aromatic carboxylic acids is 1. The second-order valence-corrected chi connectivity index (χ2v) is 4.81. The molecule has 0 bridgehead atoms. The van der Waals surface area contributed by atoms with E-state index in [9.17, 15) is 14.7 Å². The number of amides is 1. The summed E-state index contributed by atoms with van der Waals surface area (Å²) < 4.78 is 0. The largest absolute Gasteiger partial charge is 0.478 e. The molecule has 0 radical (unpaired) electrons. The number of carboxylic acid groups (broad SMARTS) is 1. The molecule has 0 heterocycles. The first-order valence-corrected chi connectivity index (χ1v) is 6.82. The number of carbonyl (C=O) groups is 2. The van der Waals surface area contributed by atoms with E-state index in [1.807, 2.05) is 31.3 Å². The van der Waals surface area contributed by atoms with E-state index in [1.165, 1.54) is 0 Å². The first-order valence-electron chi connectivity index (χ1n) is 6.82. The molecule has 5 nitrogen and oxygen atoms in total. The van der Waals surface area contributed by atoms with Crippen molar-refractivity contribution in [1.29, 1.82) is 0 Å². The zero-order valence-corrected chi connectivity index (χ0v) is 11.8. The van der Waals surface area contributed by atoms with Gasteiger partial charge in [-0.15, -0.1) is 0 Å². The van der Waals surface area contributed by atoms with Gasteiger partial charge in [-0.05, 0) is 42.9 Å². The molecule has 0 aliphatic rings. The lowest BCUT2D eigenvalue weighted by molar-refractivity contribution is -0.116. The molecule has 0 saturated carbocycles. The fourth-order valence-corrected chi connectivity index (χ4v) is 2.16. The molecule has 1 amide bonds. The monoisotopic (exact) mass is 286 g/mol. The first-order chi connectivity index (χ1) is 10.1. The Morgan fingerprint density at radius 1 is 1.14 bits per heavy atom. The van der Waals surface area contributed by atoms with Crippen LogP contribution in [0.15, 0.2) is 36.4 Å². The van der Waals surface area contributed by atoms with E-state index in [1.54, 1.807) is 12.1 Å². The van der Waals surface area contributed by atoms with Crippen LogP contribution < -0.4 is 10.6 Å². The molecule has 2 rings (SSSR count). The summed E-state index contributed by atoms with van der Waals surface area (Å²) in [5.41, 5.74) is 0.450. The summed E-state index contributed by atoms with van der Waals surface area (Å²) in [6, 6.07) is 10.7. The third-order valence-corrected chi connectivity index (χ3v) is 3.22. The van der Waals surface area contributed by atoms with Crippen molar-refractivity contribution >= 4 is 28.3 Å². The quantitative estimate of drug-likeness (QED) is 0.713. The second-order valence-electron chi connectivity index (χ2n) is 4.81. The summed E-state index contributed by atoms with van der Waals surface area (Å²) in [5, 5.41) is 16.7. The highest BCUT2D eigenvalue weighted by Crippen LogP contribution is 2.24. The fraction of sp³-hybridized carbons (Fsp3) is 0.250. The van der Waals surface area contributed by atoms with Crippen LogP contribution in [0.4, 0.5) is 5.69 Å². The maximum atomic E-state index is 11.9. The zero-order valence-electron chi connectivity index (χ0n) is 11.8. The number of hydrogen-bond acceptors (Lipinski definition) is 3. The van der Waals surface area contributed by atoms with Gasteiger partial charge in [0.1, 0.15) is 0 Å². The Bertz CT molecular complexity index is 668. The number of hydrogen-bond donors (Lipinski definition) is 3. The third kappa shape index (κ3) is 3.79. The van der Waals surface area contributed by atoms with E-state index >= 15 is 0 Å². The van der Waals surface area contributed by atoms with Gasteiger partial charge in [-0.2, -0.15) is 0 Å². The van der Waals surface area contributed by atoms with Crippen molar-refractivity contribution in [3.05, 3.63) is 42.0 Å². The fourth-order valence-electron chi connectivity index (χ4n) is 2.16. The number of rotatable bonds is 6. The van der Waals surface area contributed by atoms with Crippen LogP contribution in [0.5, 0.6) is 0 Å². The summed E-state index contributed by atoms with van der Waals surface area (Å²) in [6.45, 7) is 0.747. The van der Waals surface area contributed by atoms with E-state index in [0.29, 0.717) is 18.5 Å². The molecule has 0 aromatic heterocycles. The molecule has 21 heavy (non-hydrogen) atoms. The minimum absolute atomic E-state index is 0.107. The molecule has 0 spiro atoms. The smallest absolute Gasteiger partial charge is 0.337 e. The third-order valence-electron chi connectivity index (χ3n) is 3.22. The number of carboxylic acids is 1. The van der Waals surface area contributed by atoms with Crippen molar-refractivity contribution in [2.75, 3.05) is 18.9 Å². The van der Waals surface area contributed by atoms with Crippen molar-refractivity contribution in [3.8, 4) is 0 Å². The molecule has 0 aliphatic heterocycles. The average molecular weight is 286 g/mol. The van der Waals surface area contributed by atoms with Gasteiger partial charge in [0.05, 0.1) is 11.3 Å². The Morgan fingerprint density at radius 3 is 2.43 bits per heavy atom. The highest BCUT2D eigenvalue weighted by Gasteiger charge is 2.13. The summed E-state index contributed by atoms with van der Waals surface area (Å²) in [7, 11) is 1.82. The SMILES string of the molecule is CNCCCC(=O)Nc1cc2ccccc2cc1C(=O)O. The molecule has 5 heteroatoms. The maximum Gasteiger partial charge on any atom is 0.337 e. The average Bonchev–Trinajstić information content (AvgIpc) is 2.46. The minimum atomic E-state index is -1.05. The Balaban J connectivity index is 2.26. The first kappa shape index (κ1) is 15.0. The van der Waals surface area contributed by atoms with Gasteiger partial charge < -0.3 is 15.7 Å². The molecule has 3 N–H and O–H groups in total. The van der Waals surface area contributed by atoms with E-state index in [2.05, 4.69) is 10.6 Å². The number of benzene rings is 2. The lowest BCUT2D eigenvalue weighted by Gasteiger charge is -2.10. The van der Waals surface area contributed by atoms with Gasteiger partial charge >= 0.3 is 5.97 Å². The minimum Gasteiger partial charge on any atom is -0.478 e. The van der Waals surface area contributed by atoms with E-state index < -0.39 is 5.97 Å². The summed E-state index contributed by atoms with van der Waals surface area (Å²) >= 11 is 0. The highest BCUT2D eigenvalue weighted by atomic mass is 16.4. The molecule has 0 saturated heterocycles. The molecular formula is C16H18N2O3. The molecule has 2 aromatic rings. The van der Waals surface area contributed by atoms with Crippen LogP contribution in [0, 0.1) is 0 Å². The van der Waals surface area contributed by atoms with E-state index in [0.717, 1.165) is 17.3 Å². The summed E-state index contributed by atoms with van der Waals surface area (Å²) in [5.74, 6) is -1.23. The van der Waals surface area contributed by atoms with Crippen molar-refractivity contribution < 1.29 is 14.7 Å². The Kier molecular flexibility index (Phi) is 4.90. The predicted molar refractivity (Wildman–Crippen MR) is 82.7 cm³/mol. The summed E-state index contributed by atoms with van der Waals surface area (Å²) in [6.07, 6.45) is 1.06. The lowest BCUT2D eigenvalue weighted by atomic mass is 10.0. The van der Waals surface area contributed by atoms with Crippen LogP contribution in [0.25, 0.3) is 10.8 Å². The number of fused-ring (bicyclic) bond motifs is 1. The van der Waals surface area contributed by atoms with E-state index in [-0.39, 0.29) is 11.5 Å². The molecule has 0 atom stereocenters. The molecule has 0 unspecified atom stereocenters. The van der Waals surface area contributed by atoms with Crippen molar-refractivity contribution in [2.24, 2.45) is 0 Å². The molecule has 110 valence electrons. The zero-order chi connectivity index (χ0) is 15.2. The Hall–Kier alpha value is -2.40. The van der Waals surface area contributed by atoms with Gasteiger partial charge in [0.15, 0.2) is 0 Å². The van der Waals surface area contributed by atoms with Crippen LogP contribution in [0.1, 0.15) is 23.2 Å². The van der Waals surface area contributed by atoms with Gasteiger partial charge in [-0.25, -0.2) is 4.79 Å². The van der Waals surface area contributed by atoms with Gasteiger partial charge in [-0.3, -0.25) is 4.79 Å². The van der Waals surface area contributed by atoms with Gasteiger partial charge in [-0.1, -0.05) is 24.3 Å². The van der Waals surface area contributed by atoms with Crippen LogP contribution in [-0.4, -0.2) is 30.6 Å². The Labute approximate surface area is 123 Å². The number of carbonyl (C=O) groups excluding carboxylic acids is 1. The highest BCUT2D eigenvalue weighted by molar-refractivity contribution is 6.05. The number of nitrogens with one attached hydrogen (secondary N) is 2. The Morgan fingerprint density at radius 2 is 1.81 bits per heavy atom. The van der Waals surface area contributed by atoms with Crippen LogP contribution in [0.2, 0.25) is 0 Å². The standard InChI is InChI=1S/C16H18N2O3/c1-17-8-4-7-15(19)18-14-10-12-6-3-2-5-11(12)9-13(14)16(20)21/h2-3,5-6,9-10,17H,4,7-8H2,1H3,(H,18,19)(H,20,21). The molecular weight excluding hydrogens is 268 g/mol. The van der Waals surface area contributed by atoms with Crippen molar-refractivity contribution in [1.82, 2.24) is 5.32 Å². The number of anilines is 1. The predicted octanol–water partition coefficient (Wildman–Crippen LogP) is 2.48. The van der Waals surface area contributed by atoms with Gasteiger partial charge in [0, 0.05) is 6.42 Å². The van der Waals surface area contributed by atoms with Gasteiger partial charge in [0.25, 0.3) is 0 Å². The topological polar surface area (TPSA) is 78.4 Å². The van der Waals surface area contributed by atoms with E-state index in [4.69, 9.17) is 0 Å². The second kappa shape index (κ2) is 6.85. The normalized spacial score (nSPS) is 10.5. The van der Waals surface area contributed by atoms with Gasteiger partial charge in [0.2, 0.25) is 5.91 Å². The van der Waals surface area contributed by atoms with Crippen LogP contribution in [0.3, 0.4) is 0 Å². The van der Waals surface area contributed by atoms with Crippen LogP contribution in [-0.2, 0) is 4.79 Å². The van der Waals surface area contributed by atoms with Crippen LogP contribution >= 0.6 is 0 Å². The maximum absolute atomic E-state index is 11.9. The lowest BCUT2D eigenvalue weighted by Crippen LogP contribution is -2.17. The molecule has 2 aromatic carbocycles.